The number of carbonyl (C=O) groups is 3. The van der Waals surface area contributed by atoms with Gasteiger partial charge in [0.05, 0.1) is 24.3 Å². The van der Waals surface area contributed by atoms with E-state index in [-0.39, 0.29) is 35.6 Å². The van der Waals surface area contributed by atoms with Crippen molar-refractivity contribution in [3.63, 3.8) is 0 Å². The second-order valence-electron chi connectivity index (χ2n) is 8.31. The summed E-state index contributed by atoms with van der Waals surface area (Å²) in [6.45, 7) is 2.85. The van der Waals surface area contributed by atoms with Crippen molar-refractivity contribution in [2.24, 2.45) is 11.7 Å². The summed E-state index contributed by atoms with van der Waals surface area (Å²) in [5.74, 6) is -1.65. The van der Waals surface area contributed by atoms with E-state index in [0.29, 0.717) is 37.4 Å². The third-order valence-corrected chi connectivity index (χ3v) is 6.06. The van der Waals surface area contributed by atoms with Gasteiger partial charge in [0.15, 0.2) is 0 Å². The van der Waals surface area contributed by atoms with E-state index in [0.717, 1.165) is 5.56 Å². The molecule has 2 aliphatic rings. The zero-order chi connectivity index (χ0) is 23.7. The Kier molecular flexibility index (Phi) is 6.03. The van der Waals surface area contributed by atoms with Gasteiger partial charge < -0.3 is 26.0 Å². The number of amides is 3. The summed E-state index contributed by atoms with van der Waals surface area (Å²) in [5.41, 5.74) is 6.36. The van der Waals surface area contributed by atoms with Crippen LogP contribution in [0.5, 0.6) is 5.75 Å². The molecule has 0 aliphatic carbocycles. The number of aromatic nitrogens is 2. The van der Waals surface area contributed by atoms with E-state index in [1.54, 1.807) is 12.1 Å². The van der Waals surface area contributed by atoms with Gasteiger partial charge in [-0.2, -0.15) is 4.98 Å². The molecule has 174 valence electrons. The fourth-order valence-electron chi connectivity index (χ4n) is 4.25. The van der Waals surface area contributed by atoms with Crippen LogP contribution in [0.25, 0.3) is 0 Å². The average molecular weight is 454 g/mol. The molecular weight excluding hydrogens is 428 g/mol. The van der Waals surface area contributed by atoms with Crippen molar-refractivity contribution in [1.82, 2.24) is 9.97 Å². The number of carbonyl (C=O) groups excluding carboxylic acids is 3. The highest BCUT2D eigenvalue weighted by molar-refractivity contribution is 6.05. The number of hydrogen-bond donors (Lipinski definition) is 4. The number of H-pyrrole nitrogens is 1. The predicted octanol–water partition coefficient (Wildman–Crippen LogP) is 0.853. The van der Waals surface area contributed by atoms with Crippen LogP contribution in [0.1, 0.15) is 36.3 Å². The fourth-order valence-corrected chi connectivity index (χ4v) is 4.25. The van der Waals surface area contributed by atoms with Crippen LogP contribution in [0, 0.1) is 12.8 Å². The minimum absolute atomic E-state index is 0.0679. The van der Waals surface area contributed by atoms with Gasteiger partial charge in [-0.25, -0.2) is 0 Å². The fraction of sp³-hybridized carbons (Fsp3) is 0.409. The first-order chi connectivity index (χ1) is 15.8. The number of primary amides is 1. The Morgan fingerprint density at radius 3 is 2.64 bits per heavy atom. The van der Waals surface area contributed by atoms with Gasteiger partial charge in [-0.1, -0.05) is 6.07 Å². The normalized spacial score (nSPS) is 18.3. The lowest BCUT2D eigenvalue weighted by molar-refractivity contribution is -0.123. The summed E-state index contributed by atoms with van der Waals surface area (Å²) in [6.07, 6.45) is 0.915. The van der Waals surface area contributed by atoms with Crippen LogP contribution in [0.4, 0.5) is 17.5 Å². The summed E-state index contributed by atoms with van der Waals surface area (Å²) in [5, 5.41) is 5.39. The lowest BCUT2D eigenvalue weighted by Crippen LogP contribution is -2.41. The topological polar surface area (TPSA) is 160 Å². The maximum Gasteiger partial charge on any atom is 0.258 e. The Morgan fingerprint density at radius 2 is 1.97 bits per heavy atom. The maximum atomic E-state index is 13.1. The Hall–Kier alpha value is -3.89. The summed E-state index contributed by atoms with van der Waals surface area (Å²) >= 11 is 0. The van der Waals surface area contributed by atoms with Gasteiger partial charge in [0.2, 0.25) is 23.7 Å². The lowest BCUT2D eigenvalue weighted by atomic mass is 9.92. The minimum Gasteiger partial charge on any atom is -0.495 e. The molecule has 0 bridgehead atoms. The number of nitrogens with one attached hydrogen (secondary N) is 3. The third-order valence-electron chi connectivity index (χ3n) is 6.06. The molecular formula is C22H26N6O5. The zero-order valence-electron chi connectivity index (χ0n) is 18.4. The van der Waals surface area contributed by atoms with Crippen LogP contribution in [-0.4, -0.2) is 47.9 Å². The van der Waals surface area contributed by atoms with Crippen molar-refractivity contribution >= 4 is 35.2 Å². The predicted molar refractivity (Wildman–Crippen MR) is 121 cm³/mol. The molecule has 33 heavy (non-hydrogen) atoms. The molecule has 3 heterocycles. The van der Waals surface area contributed by atoms with Crippen LogP contribution >= 0.6 is 0 Å². The SMILES string of the molecule is COc1ccc(C)cc1NC(=O)C1CC(=O)Nc2nc(N3CCC(C(N)=O)CC3)[nH]c(=O)c21. The summed E-state index contributed by atoms with van der Waals surface area (Å²) in [7, 11) is 1.49. The summed E-state index contributed by atoms with van der Waals surface area (Å²) < 4.78 is 5.30. The number of piperidine rings is 1. The number of aromatic amines is 1. The molecule has 11 heteroatoms. The minimum atomic E-state index is -1.01. The van der Waals surface area contributed by atoms with Crippen molar-refractivity contribution in [3.05, 3.63) is 39.7 Å². The van der Waals surface area contributed by atoms with E-state index in [9.17, 15) is 19.2 Å². The lowest BCUT2D eigenvalue weighted by Gasteiger charge is -2.32. The molecule has 0 spiro atoms. The highest BCUT2D eigenvalue weighted by Crippen LogP contribution is 2.32. The number of nitrogens with two attached hydrogens (primary N) is 1. The number of methoxy groups -OCH3 is 1. The van der Waals surface area contributed by atoms with Gasteiger partial charge in [-0.3, -0.25) is 24.2 Å². The molecule has 1 saturated heterocycles. The molecule has 0 saturated carbocycles. The molecule has 3 amide bonds. The Balaban J connectivity index is 1.61. The maximum absolute atomic E-state index is 13.1. The molecule has 1 atom stereocenters. The van der Waals surface area contributed by atoms with Gasteiger partial charge >= 0.3 is 0 Å². The van der Waals surface area contributed by atoms with E-state index in [1.807, 2.05) is 17.9 Å². The van der Waals surface area contributed by atoms with Crippen molar-refractivity contribution in [1.29, 1.82) is 0 Å². The van der Waals surface area contributed by atoms with E-state index in [2.05, 4.69) is 20.6 Å². The van der Waals surface area contributed by atoms with Crippen LogP contribution in [0.3, 0.4) is 0 Å². The van der Waals surface area contributed by atoms with Crippen LogP contribution < -0.4 is 31.6 Å². The first-order valence-electron chi connectivity index (χ1n) is 10.7. The Morgan fingerprint density at radius 1 is 1.24 bits per heavy atom. The zero-order valence-corrected chi connectivity index (χ0v) is 18.4. The monoisotopic (exact) mass is 454 g/mol. The standard InChI is InChI=1S/C22H26N6O5/c1-11-3-4-15(33-2)14(9-11)24-20(31)13-10-16(29)25-19-17(13)21(32)27-22(26-19)28-7-5-12(6-8-28)18(23)30/h3-4,9,12-13H,5-8,10H2,1-2H3,(H2,23,30)(H,24,31)(H2,25,26,27,29,32). The van der Waals surface area contributed by atoms with Gasteiger partial charge in [0, 0.05) is 25.4 Å². The molecule has 1 aromatic carbocycles. The molecule has 1 aromatic heterocycles. The first-order valence-corrected chi connectivity index (χ1v) is 10.7. The number of fused-ring (bicyclic) bond motifs is 1. The second-order valence-corrected chi connectivity index (χ2v) is 8.31. The molecule has 2 aliphatic heterocycles. The number of anilines is 3. The van der Waals surface area contributed by atoms with Crippen LogP contribution in [0.15, 0.2) is 23.0 Å². The van der Waals surface area contributed by atoms with Gasteiger partial charge in [0.1, 0.15) is 11.6 Å². The Bertz CT molecular complexity index is 1170. The van der Waals surface area contributed by atoms with E-state index >= 15 is 0 Å². The molecule has 4 rings (SSSR count). The van der Waals surface area contributed by atoms with E-state index < -0.39 is 23.3 Å². The van der Waals surface area contributed by atoms with Gasteiger partial charge in [0.25, 0.3) is 5.56 Å². The summed E-state index contributed by atoms with van der Waals surface area (Å²) in [6, 6.07) is 5.33. The van der Waals surface area contributed by atoms with E-state index in [1.165, 1.54) is 7.11 Å². The second kappa shape index (κ2) is 8.93. The number of aryl methyl sites for hydroxylation is 1. The van der Waals surface area contributed by atoms with Crippen molar-refractivity contribution in [2.75, 3.05) is 35.7 Å². The largest absolute Gasteiger partial charge is 0.495 e. The van der Waals surface area contributed by atoms with E-state index in [4.69, 9.17) is 10.5 Å². The number of ether oxygens (including phenoxy) is 1. The third kappa shape index (κ3) is 4.52. The molecule has 11 nitrogen and oxygen atoms in total. The smallest absolute Gasteiger partial charge is 0.258 e. The quantitative estimate of drug-likeness (QED) is 0.521. The number of nitrogens with zero attached hydrogens (tertiary/aromatic N) is 2. The van der Waals surface area contributed by atoms with Crippen molar-refractivity contribution in [3.8, 4) is 5.75 Å². The Labute approximate surface area is 189 Å². The molecule has 1 fully saturated rings. The molecule has 2 aromatic rings. The van der Waals surface area contributed by atoms with Crippen LogP contribution in [0.2, 0.25) is 0 Å². The van der Waals surface area contributed by atoms with Gasteiger partial charge in [-0.05, 0) is 37.5 Å². The molecule has 0 radical (unpaired) electrons. The average Bonchev–Trinajstić information content (AvgIpc) is 2.78. The molecule has 1 unspecified atom stereocenters. The number of rotatable bonds is 5. The highest BCUT2D eigenvalue weighted by atomic mass is 16.5. The van der Waals surface area contributed by atoms with Crippen molar-refractivity contribution < 1.29 is 19.1 Å². The van der Waals surface area contributed by atoms with Gasteiger partial charge in [-0.15, -0.1) is 0 Å². The first kappa shape index (κ1) is 22.3. The van der Waals surface area contributed by atoms with Crippen molar-refractivity contribution in [2.45, 2.75) is 32.1 Å². The number of hydrogen-bond acceptors (Lipinski definition) is 7. The summed E-state index contributed by atoms with van der Waals surface area (Å²) in [4.78, 5) is 58.9. The number of benzene rings is 1. The highest BCUT2D eigenvalue weighted by Gasteiger charge is 2.36. The van der Waals surface area contributed by atoms with Crippen LogP contribution in [-0.2, 0) is 14.4 Å². The molecule has 5 N–H and O–H groups in total.